The van der Waals surface area contributed by atoms with Crippen LogP contribution < -0.4 is 10.1 Å². The number of thiazole rings is 1. The number of hydrogen-bond acceptors (Lipinski definition) is 4. The molecule has 0 spiro atoms. The molecule has 0 aliphatic heterocycles. The van der Waals surface area contributed by atoms with E-state index in [9.17, 15) is 22.4 Å². The first-order valence-electron chi connectivity index (χ1n) is 6.92. The number of rotatable bonds is 3. The van der Waals surface area contributed by atoms with E-state index in [0.717, 1.165) is 28.7 Å². The zero-order valence-electron chi connectivity index (χ0n) is 12.9. The summed E-state index contributed by atoms with van der Waals surface area (Å²) in [6.45, 7) is 1.87. The van der Waals surface area contributed by atoms with Gasteiger partial charge >= 0.3 is 0 Å². The first kappa shape index (κ1) is 17.2. The van der Waals surface area contributed by atoms with Gasteiger partial charge < -0.3 is 4.74 Å². The average Bonchev–Trinajstić information content (AvgIpc) is 2.95. The van der Waals surface area contributed by atoms with Crippen LogP contribution in [0.2, 0.25) is 0 Å². The van der Waals surface area contributed by atoms with Gasteiger partial charge in [0.25, 0.3) is 5.91 Å². The van der Waals surface area contributed by atoms with E-state index >= 15 is 0 Å². The number of carbonyl (C=O) groups excluding carboxylic acids is 1. The van der Waals surface area contributed by atoms with Gasteiger partial charge in [0.05, 0.1) is 17.3 Å². The molecule has 25 heavy (non-hydrogen) atoms. The largest absolute Gasteiger partial charge is 0.491 e. The van der Waals surface area contributed by atoms with Crippen LogP contribution in [0.4, 0.5) is 22.7 Å². The fraction of sp³-hybridized carbons (Fsp3) is 0.125. The summed E-state index contributed by atoms with van der Waals surface area (Å²) in [6.07, 6.45) is 0. The predicted molar refractivity (Wildman–Crippen MR) is 85.1 cm³/mol. The maximum Gasteiger partial charge on any atom is 0.263 e. The second kappa shape index (κ2) is 6.32. The molecule has 0 radical (unpaired) electrons. The summed E-state index contributed by atoms with van der Waals surface area (Å²) < 4.78 is 60.4. The third kappa shape index (κ3) is 2.91. The highest BCUT2D eigenvalue weighted by atomic mass is 32.1. The fourth-order valence-corrected chi connectivity index (χ4v) is 3.19. The summed E-state index contributed by atoms with van der Waals surface area (Å²) in [7, 11) is 0.850. The molecule has 3 rings (SSSR count). The Labute approximate surface area is 143 Å². The second-order valence-electron chi connectivity index (χ2n) is 5.11. The molecular formula is C16H10F4N2O2S. The minimum absolute atomic E-state index is 0.0426. The quantitative estimate of drug-likeness (QED) is 0.548. The van der Waals surface area contributed by atoms with Crippen molar-refractivity contribution in [2.45, 2.75) is 6.92 Å². The van der Waals surface area contributed by atoms with Crippen LogP contribution in [0.5, 0.6) is 5.75 Å². The highest BCUT2D eigenvalue weighted by Crippen LogP contribution is 2.31. The molecule has 0 aliphatic carbocycles. The molecule has 0 fully saturated rings. The molecule has 0 saturated carbocycles. The smallest absolute Gasteiger partial charge is 0.263 e. The SMILES string of the molecule is COc1c(F)c(F)c(C(=O)Nc2nc3ccc(C)cc3s2)c(F)c1F. The molecule has 0 saturated heterocycles. The lowest BCUT2D eigenvalue weighted by Crippen LogP contribution is -2.18. The number of ether oxygens (including phenoxy) is 1. The number of hydrogen-bond donors (Lipinski definition) is 1. The molecule has 1 heterocycles. The van der Waals surface area contributed by atoms with Gasteiger partial charge in [0.15, 0.2) is 22.5 Å². The molecule has 1 N–H and O–H groups in total. The van der Waals surface area contributed by atoms with Crippen molar-refractivity contribution in [2.24, 2.45) is 0 Å². The van der Waals surface area contributed by atoms with Crippen LogP contribution in [0, 0.1) is 30.2 Å². The van der Waals surface area contributed by atoms with Crippen LogP contribution in [0.25, 0.3) is 10.2 Å². The zero-order valence-corrected chi connectivity index (χ0v) is 13.7. The summed E-state index contributed by atoms with van der Waals surface area (Å²) in [5.41, 5.74) is 0.149. The van der Waals surface area contributed by atoms with Crippen LogP contribution in [0.1, 0.15) is 15.9 Å². The first-order chi connectivity index (χ1) is 11.8. The maximum atomic E-state index is 14.0. The Kier molecular flexibility index (Phi) is 4.34. The Morgan fingerprint density at radius 1 is 1.12 bits per heavy atom. The molecule has 1 aromatic heterocycles. The van der Waals surface area contributed by atoms with E-state index in [4.69, 9.17) is 0 Å². The van der Waals surface area contributed by atoms with Crippen LogP contribution in [0.3, 0.4) is 0 Å². The van der Waals surface area contributed by atoms with Gasteiger partial charge in [0.1, 0.15) is 5.56 Å². The van der Waals surface area contributed by atoms with Crippen molar-refractivity contribution in [1.82, 2.24) is 4.98 Å². The van der Waals surface area contributed by atoms with Crippen LogP contribution >= 0.6 is 11.3 Å². The third-order valence-corrected chi connectivity index (χ3v) is 4.35. The lowest BCUT2D eigenvalue weighted by atomic mass is 10.1. The number of methoxy groups -OCH3 is 1. The number of nitrogens with zero attached hydrogens (tertiary/aromatic N) is 1. The Morgan fingerprint density at radius 3 is 2.36 bits per heavy atom. The normalized spacial score (nSPS) is 11.0. The highest BCUT2D eigenvalue weighted by molar-refractivity contribution is 7.22. The molecule has 130 valence electrons. The van der Waals surface area contributed by atoms with Crippen LogP contribution in [-0.4, -0.2) is 18.0 Å². The van der Waals surface area contributed by atoms with Gasteiger partial charge in [0, 0.05) is 0 Å². The number of aromatic nitrogens is 1. The van der Waals surface area contributed by atoms with E-state index < -0.39 is 40.5 Å². The Balaban J connectivity index is 2.00. The molecule has 4 nitrogen and oxygen atoms in total. The van der Waals surface area contributed by atoms with Gasteiger partial charge in [-0.05, 0) is 24.6 Å². The van der Waals surface area contributed by atoms with Crippen LogP contribution in [0.15, 0.2) is 18.2 Å². The number of fused-ring (bicyclic) bond motifs is 1. The van der Waals surface area contributed by atoms with Crippen molar-refractivity contribution < 1.29 is 27.1 Å². The zero-order chi connectivity index (χ0) is 18.3. The summed E-state index contributed by atoms with van der Waals surface area (Å²) >= 11 is 1.06. The van der Waals surface area contributed by atoms with E-state index in [1.54, 1.807) is 12.1 Å². The lowest BCUT2D eigenvalue weighted by Gasteiger charge is -2.10. The van der Waals surface area contributed by atoms with Gasteiger partial charge in [0.2, 0.25) is 11.6 Å². The molecule has 1 amide bonds. The van der Waals surface area contributed by atoms with Gasteiger partial charge in [-0.25, -0.2) is 13.8 Å². The fourth-order valence-electron chi connectivity index (χ4n) is 2.24. The standard InChI is InChI=1S/C16H10F4N2O2S/c1-6-3-4-7-8(5-6)25-16(21-7)22-15(23)9-10(17)12(19)14(24-2)13(20)11(9)18/h3-5H,1-2H3,(H,21,22,23). The summed E-state index contributed by atoms with van der Waals surface area (Å²) in [4.78, 5) is 16.2. The van der Waals surface area contributed by atoms with Crippen molar-refractivity contribution >= 4 is 32.6 Å². The Bertz CT molecular complexity index is 974. The van der Waals surface area contributed by atoms with Crippen molar-refractivity contribution in [3.8, 4) is 5.75 Å². The van der Waals surface area contributed by atoms with Crippen molar-refractivity contribution in [2.75, 3.05) is 12.4 Å². The highest BCUT2D eigenvalue weighted by Gasteiger charge is 2.30. The van der Waals surface area contributed by atoms with Gasteiger partial charge in [-0.1, -0.05) is 17.4 Å². The summed E-state index contributed by atoms with van der Waals surface area (Å²) in [5.74, 6) is -9.85. The van der Waals surface area contributed by atoms with Crippen molar-refractivity contribution in [3.05, 3.63) is 52.6 Å². The summed E-state index contributed by atoms with van der Waals surface area (Å²) in [5, 5.41) is 2.20. The lowest BCUT2D eigenvalue weighted by molar-refractivity contribution is 0.101. The van der Waals surface area contributed by atoms with E-state index in [1.807, 2.05) is 13.0 Å². The molecule has 0 unspecified atom stereocenters. The first-order valence-corrected chi connectivity index (χ1v) is 7.73. The average molecular weight is 370 g/mol. The second-order valence-corrected chi connectivity index (χ2v) is 6.14. The van der Waals surface area contributed by atoms with E-state index in [2.05, 4.69) is 15.0 Å². The van der Waals surface area contributed by atoms with Crippen molar-refractivity contribution in [3.63, 3.8) is 0 Å². The molecule has 2 aromatic carbocycles. The van der Waals surface area contributed by atoms with Gasteiger partial charge in [-0.3, -0.25) is 10.1 Å². The molecular weight excluding hydrogens is 360 g/mol. The Morgan fingerprint density at radius 2 is 1.76 bits per heavy atom. The minimum atomic E-state index is -1.84. The molecule has 9 heteroatoms. The Hall–Kier alpha value is -2.68. The minimum Gasteiger partial charge on any atom is -0.491 e. The van der Waals surface area contributed by atoms with Crippen molar-refractivity contribution in [1.29, 1.82) is 0 Å². The molecule has 0 bridgehead atoms. The molecule has 3 aromatic rings. The van der Waals surface area contributed by atoms with E-state index in [1.165, 1.54) is 0 Å². The molecule has 0 aliphatic rings. The monoisotopic (exact) mass is 370 g/mol. The number of carbonyl (C=O) groups is 1. The van der Waals surface area contributed by atoms with E-state index in [-0.39, 0.29) is 5.13 Å². The van der Waals surface area contributed by atoms with Gasteiger partial charge in [-0.2, -0.15) is 8.78 Å². The number of aryl methyl sites for hydroxylation is 1. The topological polar surface area (TPSA) is 51.2 Å². The number of anilines is 1. The predicted octanol–water partition coefficient (Wildman–Crippen LogP) is 4.42. The van der Waals surface area contributed by atoms with E-state index in [0.29, 0.717) is 5.52 Å². The molecule has 0 atom stereocenters. The number of benzene rings is 2. The number of amides is 1. The number of halogens is 4. The number of nitrogens with one attached hydrogen (secondary N) is 1. The maximum absolute atomic E-state index is 14.0. The summed E-state index contributed by atoms with van der Waals surface area (Å²) in [6, 6.07) is 5.34. The third-order valence-electron chi connectivity index (χ3n) is 3.42. The van der Waals surface area contributed by atoms with Gasteiger partial charge in [-0.15, -0.1) is 0 Å². The van der Waals surface area contributed by atoms with Crippen LogP contribution in [-0.2, 0) is 0 Å².